The number of urea groups is 1. The van der Waals surface area contributed by atoms with Gasteiger partial charge in [0.05, 0.1) is 0 Å². The van der Waals surface area contributed by atoms with Gasteiger partial charge in [-0.2, -0.15) is 0 Å². The Balaban J connectivity index is 1.45. The van der Waals surface area contributed by atoms with Crippen molar-refractivity contribution >= 4 is 40.3 Å². The molecular weight excluding hydrogens is 374 g/mol. The third-order valence-electron chi connectivity index (χ3n) is 4.69. The maximum atomic E-state index is 12.3. The van der Waals surface area contributed by atoms with E-state index in [1.54, 1.807) is 13.1 Å². The number of nitrogens with one attached hydrogen (secondary N) is 1. The van der Waals surface area contributed by atoms with E-state index in [-0.39, 0.29) is 37.9 Å². The summed E-state index contributed by atoms with van der Waals surface area (Å²) in [7, 11) is 1.55. The molecule has 2 aromatic carbocycles. The number of nitrogens with zero attached hydrogens (tertiary/aromatic N) is 2. The summed E-state index contributed by atoms with van der Waals surface area (Å²) in [5, 5.41) is 4.79. The summed E-state index contributed by atoms with van der Waals surface area (Å²) in [5.41, 5.74) is 0.617. The van der Waals surface area contributed by atoms with Crippen molar-refractivity contribution in [3.8, 4) is 0 Å². The average molecular weight is 397 g/mol. The van der Waals surface area contributed by atoms with Gasteiger partial charge in [0, 0.05) is 25.7 Å². The number of esters is 1. The summed E-state index contributed by atoms with van der Waals surface area (Å²) in [6, 6.07) is 13.0. The number of likely N-dealkylation sites (N-methyl/N-ethyl adjacent to an activating group) is 1. The van der Waals surface area contributed by atoms with Crippen LogP contribution in [0.3, 0.4) is 0 Å². The second kappa shape index (κ2) is 8.72. The molecule has 1 aliphatic heterocycles. The van der Waals surface area contributed by atoms with Crippen LogP contribution >= 0.6 is 0 Å². The van der Waals surface area contributed by atoms with Crippen LogP contribution in [0.1, 0.15) is 19.8 Å². The van der Waals surface area contributed by atoms with Crippen molar-refractivity contribution in [1.82, 2.24) is 9.80 Å². The molecule has 152 valence electrons. The molecule has 1 atom stereocenters. The molecule has 4 amide bonds. The van der Waals surface area contributed by atoms with Crippen LogP contribution in [0.15, 0.2) is 42.5 Å². The van der Waals surface area contributed by atoms with Crippen LogP contribution in [-0.4, -0.2) is 59.9 Å². The lowest BCUT2D eigenvalue weighted by molar-refractivity contribution is -0.153. The highest BCUT2D eigenvalue weighted by atomic mass is 16.5. The SMILES string of the molecule is C[C@H](OC(=O)CCCN1C(=O)CN(C)C1=O)C(=O)Nc1ccc2ccccc2c1. The molecule has 1 fully saturated rings. The molecule has 0 unspecified atom stereocenters. The van der Waals surface area contributed by atoms with Gasteiger partial charge >= 0.3 is 12.0 Å². The zero-order chi connectivity index (χ0) is 21.0. The highest BCUT2D eigenvalue weighted by Gasteiger charge is 2.33. The lowest BCUT2D eigenvalue weighted by Crippen LogP contribution is -2.33. The van der Waals surface area contributed by atoms with E-state index in [0.29, 0.717) is 5.69 Å². The van der Waals surface area contributed by atoms with E-state index in [4.69, 9.17) is 4.74 Å². The third-order valence-corrected chi connectivity index (χ3v) is 4.69. The van der Waals surface area contributed by atoms with Gasteiger partial charge in [-0.3, -0.25) is 19.3 Å². The predicted octanol–water partition coefficient (Wildman–Crippen LogP) is 2.38. The summed E-state index contributed by atoms with van der Waals surface area (Å²) >= 11 is 0. The van der Waals surface area contributed by atoms with Crippen molar-refractivity contribution in [3.63, 3.8) is 0 Å². The number of benzene rings is 2. The molecule has 8 heteroatoms. The van der Waals surface area contributed by atoms with Gasteiger partial charge in [-0.15, -0.1) is 0 Å². The quantitative estimate of drug-likeness (QED) is 0.572. The Bertz CT molecular complexity index is 958. The minimum atomic E-state index is -0.963. The molecule has 0 spiro atoms. The molecule has 1 N–H and O–H groups in total. The second-order valence-corrected chi connectivity index (χ2v) is 6.97. The molecule has 8 nitrogen and oxygen atoms in total. The molecule has 0 radical (unpaired) electrons. The number of hydrogen-bond acceptors (Lipinski definition) is 5. The lowest BCUT2D eigenvalue weighted by Gasteiger charge is -2.15. The first-order chi connectivity index (χ1) is 13.8. The Hall–Kier alpha value is -3.42. The van der Waals surface area contributed by atoms with Gasteiger partial charge in [-0.05, 0) is 36.2 Å². The van der Waals surface area contributed by atoms with Crippen LogP contribution in [-0.2, 0) is 19.1 Å². The largest absolute Gasteiger partial charge is 0.453 e. The fraction of sp³-hybridized carbons (Fsp3) is 0.333. The molecule has 1 heterocycles. The topological polar surface area (TPSA) is 96.0 Å². The van der Waals surface area contributed by atoms with Gasteiger partial charge in [0.1, 0.15) is 6.54 Å². The number of carbonyl (C=O) groups excluding carboxylic acids is 4. The monoisotopic (exact) mass is 397 g/mol. The van der Waals surface area contributed by atoms with E-state index in [0.717, 1.165) is 15.7 Å². The van der Waals surface area contributed by atoms with Gasteiger partial charge in [0.15, 0.2) is 6.10 Å². The molecule has 3 rings (SSSR count). The van der Waals surface area contributed by atoms with Crippen LogP contribution in [0.25, 0.3) is 10.8 Å². The number of amides is 4. The average Bonchev–Trinajstić information content (AvgIpc) is 2.93. The van der Waals surface area contributed by atoms with Crippen molar-refractivity contribution in [2.75, 3.05) is 25.5 Å². The predicted molar refractivity (Wildman–Crippen MR) is 107 cm³/mol. The van der Waals surface area contributed by atoms with Crippen molar-refractivity contribution in [1.29, 1.82) is 0 Å². The van der Waals surface area contributed by atoms with E-state index in [9.17, 15) is 19.2 Å². The number of imide groups is 1. The minimum absolute atomic E-state index is 0.00830. The van der Waals surface area contributed by atoms with E-state index in [2.05, 4.69) is 5.32 Å². The number of carbonyl (C=O) groups is 4. The summed E-state index contributed by atoms with van der Waals surface area (Å²) in [6.45, 7) is 1.70. The Kier molecular flexibility index (Phi) is 6.11. The summed E-state index contributed by atoms with van der Waals surface area (Å²) in [6.07, 6.45) is -0.674. The number of ether oxygens (including phenoxy) is 1. The van der Waals surface area contributed by atoms with E-state index in [1.807, 2.05) is 36.4 Å². The van der Waals surface area contributed by atoms with Gasteiger partial charge in [-0.1, -0.05) is 30.3 Å². The van der Waals surface area contributed by atoms with Crippen molar-refractivity contribution in [2.24, 2.45) is 0 Å². The van der Waals surface area contributed by atoms with Gasteiger partial charge in [0.2, 0.25) is 5.91 Å². The molecule has 2 aromatic rings. The van der Waals surface area contributed by atoms with Crippen LogP contribution in [0.5, 0.6) is 0 Å². The normalized spacial score (nSPS) is 15.0. The van der Waals surface area contributed by atoms with Crippen LogP contribution in [0, 0.1) is 0 Å². The molecule has 29 heavy (non-hydrogen) atoms. The smallest absolute Gasteiger partial charge is 0.326 e. The number of fused-ring (bicyclic) bond motifs is 1. The van der Waals surface area contributed by atoms with Crippen molar-refractivity contribution in [2.45, 2.75) is 25.9 Å². The number of rotatable bonds is 7. The zero-order valence-electron chi connectivity index (χ0n) is 16.4. The Morgan fingerprint density at radius 3 is 2.55 bits per heavy atom. The van der Waals surface area contributed by atoms with Gasteiger partial charge < -0.3 is 15.0 Å². The first-order valence-corrected chi connectivity index (χ1v) is 9.40. The zero-order valence-corrected chi connectivity index (χ0v) is 16.4. The number of hydrogen-bond donors (Lipinski definition) is 1. The molecule has 0 bridgehead atoms. The van der Waals surface area contributed by atoms with E-state index >= 15 is 0 Å². The standard InChI is InChI=1S/C21H23N3O5/c1-14(20(27)22-17-10-9-15-6-3-4-7-16(15)12-17)29-19(26)8-5-11-24-18(25)13-23(2)21(24)28/h3-4,6-7,9-10,12,14H,5,8,11,13H2,1-2H3,(H,22,27)/t14-/m0/s1. The van der Waals surface area contributed by atoms with Crippen LogP contribution in [0.2, 0.25) is 0 Å². The maximum absolute atomic E-state index is 12.3. The highest BCUT2D eigenvalue weighted by molar-refractivity contribution is 6.01. The third kappa shape index (κ3) is 4.90. The molecule has 0 aromatic heterocycles. The first kappa shape index (κ1) is 20.3. The minimum Gasteiger partial charge on any atom is -0.453 e. The molecule has 1 aliphatic rings. The first-order valence-electron chi connectivity index (χ1n) is 9.40. The highest BCUT2D eigenvalue weighted by Crippen LogP contribution is 2.19. The Morgan fingerprint density at radius 2 is 1.86 bits per heavy atom. The van der Waals surface area contributed by atoms with Crippen LogP contribution in [0.4, 0.5) is 10.5 Å². The fourth-order valence-corrected chi connectivity index (χ4v) is 3.09. The Labute approximate surface area is 168 Å². The van der Waals surface area contributed by atoms with Crippen molar-refractivity contribution < 1.29 is 23.9 Å². The van der Waals surface area contributed by atoms with Crippen molar-refractivity contribution in [3.05, 3.63) is 42.5 Å². The molecule has 0 saturated carbocycles. The number of anilines is 1. The summed E-state index contributed by atoms with van der Waals surface area (Å²) < 4.78 is 5.16. The Morgan fingerprint density at radius 1 is 1.14 bits per heavy atom. The second-order valence-electron chi connectivity index (χ2n) is 6.97. The fourth-order valence-electron chi connectivity index (χ4n) is 3.09. The lowest BCUT2D eigenvalue weighted by atomic mass is 10.1. The maximum Gasteiger partial charge on any atom is 0.326 e. The van der Waals surface area contributed by atoms with Gasteiger partial charge in [-0.25, -0.2) is 4.79 Å². The summed E-state index contributed by atoms with van der Waals surface area (Å²) in [5.74, 6) is -1.27. The van der Waals surface area contributed by atoms with Crippen LogP contribution < -0.4 is 5.32 Å². The van der Waals surface area contributed by atoms with E-state index < -0.39 is 18.0 Å². The molecular formula is C21H23N3O5. The van der Waals surface area contributed by atoms with E-state index in [1.165, 1.54) is 11.8 Å². The molecule has 1 saturated heterocycles. The summed E-state index contributed by atoms with van der Waals surface area (Å²) in [4.78, 5) is 50.2. The van der Waals surface area contributed by atoms with Gasteiger partial charge in [0.25, 0.3) is 5.91 Å². The molecule has 0 aliphatic carbocycles.